The molecule has 0 radical (unpaired) electrons. The van der Waals surface area contributed by atoms with Crippen molar-refractivity contribution < 1.29 is 4.92 Å². The lowest BCUT2D eigenvalue weighted by atomic mass is 10.4. The molecule has 0 bridgehead atoms. The van der Waals surface area contributed by atoms with E-state index in [4.69, 9.17) is 0 Å². The van der Waals surface area contributed by atoms with Crippen LogP contribution in [0.5, 0.6) is 0 Å². The van der Waals surface area contributed by atoms with Crippen molar-refractivity contribution in [2.24, 2.45) is 0 Å². The van der Waals surface area contributed by atoms with Crippen LogP contribution in [0.4, 0.5) is 0 Å². The average Bonchev–Trinajstić information content (AvgIpc) is 2.36. The van der Waals surface area contributed by atoms with Gasteiger partial charge in [0.2, 0.25) is 5.70 Å². The van der Waals surface area contributed by atoms with Gasteiger partial charge < -0.3 is 0 Å². The molecule has 1 heterocycles. The van der Waals surface area contributed by atoms with Gasteiger partial charge in [0.1, 0.15) is 0 Å². The maximum atomic E-state index is 10.3. The van der Waals surface area contributed by atoms with Gasteiger partial charge in [-0.25, -0.2) is 0 Å². The Morgan fingerprint density at radius 2 is 2.50 bits per heavy atom. The molecule has 3 nitrogen and oxygen atoms in total. The van der Waals surface area contributed by atoms with E-state index in [2.05, 4.69) is 15.9 Å². The van der Waals surface area contributed by atoms with Crippen molar-refractivity contribution in [2.75, 3.05) is 0 Å². The molecule has 0 aromatic carbocycles. The minimum absolute atomic E-state index is 0.151. The summed E-state index contributed by atoms with van der Waals surface area (Å²) in [5.74, 6) is 0. The minimum atomic E-state index is -0.397. The molecule has 0 atom stereocenters. The van der Waals surface area contributed by atoms with E-state index in [9.17, 15) is 10.1 Å². The molecule has 0 spiro atoms. The molecule has 0 aliphatic heterocycles. The van der Waals surface area contributed by atoms with E-state index in [0.717, 1.165) is 9.35 Å². The average molecular weight is 248 g/mol. The highest BCUT2D eigenvalue weighted by Crippen LogP contribution is 2.24. The number of nitro groups is 1. The summed E-state index contributed by atoms with van der Waals surface area (Å²) >= 11 is 4.75. The van der Waals surface area contributed by atoms with Crippen LogP contribution in [0.1, 0.15) is 11.8 Å². The summed E-state index contributed by atoms with van der Waals surface area (Å²) in [6, 6.07) is 1.86. The summed E-state index contributed by atoms with van der Waals surface area (Å²) in [6.45, 7) is 1.48. The number of nitrogens with zero attached hydrogens (tertiary/aromatic N) is 1. The summed E-state index contributed by atoms with van der Waals surface area (Å²) in [5.41, 5.74) is 0.151. The van der Waals surface area contributed by atoms with Gasteiger partial charge in [0.05, 0.1) is 4.92 Å². The lowest BCUT2D eigenvalue weighted by Crippen LogP contribution is -1.92. The van der Waals surface area contributed by atoms with Crippen molar-refractivity contribution in [1.82, 2.24) is 0 Å². The van der Waals surface area contributed by atoms with Gasteiger partial charge in [-0.1, -0.05) is 0 Å². The van der Waals surface area contributed by atoms with E-state index in [1.807, 2.05) is 11.4 Å². The normalized spacial score (nSPS) is 11.7. The third-order valence-electron chi connectivity index (χ3n) is 1.27. The van der Waals surface area contributed by atoms with Crippen LogP contribution in [0.15, 0.2) is 21.6 Å². The lowest BCUT2D eigenvalue weighted by molar-refractivity contribution is -0.422. The fourth-order valence-corrected chi connectivity index (χ4v) is 2.12. The summed E-state index contributed by atoms with van der Waals surface area (Å²) in [5, 5.41) is 12.1. The molecule has 0 saturated heterocycles. The second-order valence-electron chi connectivity index (χ2n) is 2.18. The van der Waals surface area contributed by atoms with E-state index in [1.54, 1.807) is 6.08 Å². The summed E-state index contributed by atoms with van der Waals surface area (Å²) in [4.78, 5) is 10.7. The molecule has 64 valence electrons. The van der Waals surface area contributed by atoms with Crippen LogP contribution in [0, 0.1) is 10.1 Å². The maximum Gasteiger partial charge on any atom is 0.244 e. The molecule has 12 heavy (non-hydrogen) atoms. The molecule has 0 aliphatic rings. The topological polar surface area (TPSA) is 43.1 Å². The van der Waals surface area contributed by atoms with Gasteiger partial charge in [-0.2, -0.15) is 0 Å². The van der Waals surface area contributed by atoms with Crippen LogP contribution in [-0.4, -0.2) is 4.92 Å². The second kappa shape index (κ2) is 3.82. The van der Waals surface area contributed by atoms with Crippen molar-refractivity contribution >= 4 is 33.3 Å². The van der Waals surface area contributed by atoms with Gasteiger partial charge in [0.25, 0.3) is 0 Å². The molecule has 0 aliphatic carbocycles. The number of hydrogen-bond acceptors (Lipinski definition) is 3. The number of halogens is 1. The zero-order valence-corrected chi connectivity index (χ0v) is 8.68. The SMILES string of the molecule is C/C(=C/c1sccc1Br)[N+](=O)[O-]. The van der Waals surface area contributed by atoms with Gasteiger partial charge in [-0.15, -0.1) is 11.3 Å². The Kier molecular flexibility index (Phi) is 2.99. The number of rotatable bonds is 2. The Balaban J connectivity index is 2.95. The van der Waals surface area contributed by atoms with Crippen LogP contribution in [0.2, 0.25) is 0 Å². The molecule has 5 heteroatoms. The fourth-order valence-electron chi connectivity index (χ4n) is 0.651. The smallest absolute Gasteiger partial charge is 0.244 e. The van der Waals surface area contributed by atoms with E-state index in [-0.39, 0.29) is 5.70 Å². The molecule has 1 aromatic rings. The molecule has 0 saturated carbocycles. The largest absolute Gasteiger partial charge is 0.259 e. The van der Waals surface area contributed by atoms with Gasteiger partial charge in [-0.05, 0) is 27.4 Å². The minimum Gasteiger partial charge on any atom is -0.259 e. The van der Waals surface area contributed by atoms with Crippen molar-refractivity contribution in [1.29, 1.82) is 0 Å². The van der Waals surface area contributed by atoms with Gasteiger partial charge in [0, 0.05) is 22.3 Å². The number of hydrogen-bond donors (Lipinski definition) is 0. The van der Waals surface area contributed by atoms with E-state index >= 15 is 0 Å². The molecule has 0 N–H and O–H groups in total. The van der Waals surface area contributed by atoms with Crippen LogP contribution in [0.3, 0.4) is 0 Å². The Bertz CT molecular complexity index is 332. The van der Waals surface area contributed by atoms with Crippen LogP contribution in [0.25, 0.3) is 6.08 Å². The standard InChI is InChI=1S/C7H6BrNO2S/c1-5(9(10)11)4-7-6(8)2-3-12-7/h2-4H,1H3/b5-4-. The first-order valence-corrected chi connectivity index (χ1v) is 4.84. The molecule has 0 unspecified atom stereocenters. The molecule has 0 fully saturated rings. The molecule has 0 amide bonds. The highest BCUT2D eigenvalue weighted by molar-refractivity contribution is 9.10. The molecule has 1 rings (SSSR count). The van der Waals surface area contributed by atoms with Crippen molar-refractivity contribution in [2.45, 2.75) is 6.92 Å². The van der Waals surface area contributed by atoms with Crippen LogP contribution in [-0.2, 0) is 0 Å². The van der Waals surface area contributed by atoms with Crippen molar-refractivity contribution in [3.8, 4) is 0 Å². The van der Waals surface area contributed by atoms with Crippen molar-refractivity contribution in [3.63, 3.8) is 0 Å². The summed E-state index contributed by atoms with van der Waals surface area (Å²) < 4.78 is 0.897. The monoisotopic (exact) mass is 247 g/mol. The zero-order valence-electron chi connectivity index (χ0n) is 6.28. The summed E-state index contributed by atoms with van der Waals surface area (Å²) in [7, 11) is 0. The molecular formula is C7H6BrNO2S. The number of thiophene rings is 1. The highest BCUT2D eigenvalue weighted by atomic mass is 79.9. The predicted octanol–water partition coefficient (Wildman–Crippen LogP) is 3.15. The Morgan fingerprint density at radius 1 is 1.83 bits per heavy atom. The maximum absolute atomic E-state index is 10.3. The summed E-state index contributed by atoms with van der Waals surface area (Å²) in [6.07, 6.45) is 1.55. The van der Waals surface area contributed by atoms with Crippen LogP contribution < -0.4 is 0 Å². The van der Waals surface area contributed by atoms with E-state index in [1.165, 1.54) is 18.3 Å². The zero-order chi connectivity index (χ0) is 9.14. The van der Waals surface area contributed by atoms with E-state index in [0.29, 0.717) is 0 Å². The van der Waals surface area contributed by atoms with Gasteiger partial charge >= 0.3 is 0 Å². The highest BCUT2D eigenvalue weighted by Gasteiger charge is 2.04. The van der Waals surface area contributed by atoms with Gasteiger partial charge in [0.15, 0.2) is 0 Å². The first-order valence-electron chi connectivity index (χ1n) is 3.17. The third kappa shape index (κ3) is 2.15. The lowest BCUT2D eigenvalue weighted by Gasteiger charge is -1.89. The Morgan fingerprint density at radius 3 is 2.92 bits per heavy atom. The quantitative estimate of drug-likeness (QED) is 0.596. The Hall–Kier alpha value is -0.680. The number of allylic oxidation sites excluding steroid dienone is 1. The Labute approximate surface area is 82.0 Å². The second-order valence-corrected chi connectivity index (χ2v) is 3.98. The van der Waals surface area contributed by atoms with Gasteiger partial charge in [-0.3, -0.25) is 10.1 Å². The first kappa shape index (κ1) is 9.41. The molecule has 1 aromatic heterocycles. The predicted molar refractivity (Wildman–Crippen MR) is 52.7 cm³/mol. The third-order valence-corrected chi connectivity index (χ3v) is 3.09. The van der Waals surface area contributed by atoms with E-state index < -0.39 is 4.92 Å². The van der Waals surface area contributed by atoms with Crippen LogP contribution >= 0.6 is 27.3 Å². The van der Waals surface area contributed by atoms with Crippen molar-refractivity contribution in [3.05, 3.63) is 36.6 Å². The fraction of sp³-hybridized carbons (Fsp3) is 0.143. The first-order chi connectivity index (χ1) is 5.61. The molecular weight excluding hydrogens is 242 g/mol.